The molecule has 1 heterocycles. The number of aliphatic hydroxyl groups excluding tert-OH is 1. The smallest absolute Gasteiger partial charge is 0.145 e. The summed E-state index contributed by atoms with van der Waals surface area (Å²) in [4.78, 5) is 0. The zero-order valence-corrected chi connectivity index (χ0v) is 23.9. The molecule has 5 aromatic carbocycles. The van der Waals surface area contributed by atoms with Gasteiger partial charge in [0.2, 0.25) is 0 Å². The Balaban J connectivity index is 0.00000337. The number of ether oxygens (including phenoxy) is 2. The first kappa shape index (κ1) is 28.1. The van der Waals surface area contributed by atoms with Crippen LogP contribution in [0.3, 0.4) is 0 Å². The minimum absolute atomic E-state index is 0. The lowest BCUT2D eigenvalue weighted by Crippen LogP contribution is -2.25. The van der Waals surface area contributed by atoms with Crippen molar-refractivity contribution in [3.05, 3.63) is 115 Å². The van der Waals surface area contributed by atoms with Gasteiger partial charge in [-0.15, -0.1) is 12.4 Å². The van der Waals surface area contributed by atoms with E-state index in [4.69, 9.17) is 9.47 Å². The third kappa shape index (κ3) is 5.47. The molecular weight excluding hydrogens is 532 g/mol. The SMILES string of the molecule is COc1ccc(NCC(O)Cn2c(-c3ccccc3)c(-c3ccccc3)c3ccc4ccccc4c32)c(OC)c1.Cl. The van der Waals surface area contributed by atoms with E-state index < -0.39 is 6.10 Å². The average molecular weight is 565 g/mol. The molecule has 0 saturated carbocycles. The van der Waals surface area contributed by atoms with Gasteiger partial charge >= 0.3 is 0 Å². The molecule has 1 aromatic heterocycles. The zero-order valence-electron chi connectivity index (χ0n) is 23.1. The Morgan fingerprint density at radius 3 is 2.12 bits per heavy atom. The summed E-state index contributed by atoms with van der Waals surface area (Å²) in [6, 6.07) is 39.5. The molecule has 0 radical (unpaired) electrons. The minimum atomic E-state index is -0.674. The van der Waals surface area contributed by atoms with Crippen molar-refractivity contribution < 1.29 is 14.6 Å². The van der Waals surface area contributed by atoms with Crippen molar-refractivity contribution in [2.24, 2.45) is 0 Å². The first-order valence-electron chi connectivity index (χ1n) is 13.5. The summed E-state index contributed by atoms with van der Waals surface area (Å²) in [5.74, 6) is 1.38. The fraction of sp³-hybridized carbons (Fsp3) is 0.143. The van der Waals surface area contributed by atoms with E-state index in [1.807, 2.05) is 30.3 Å². The van der Waals surface area contributed by atoms with Crippen molar-refractivity contribution in [3.8, 4) is 33.9 Å². The highest BCUT2D eigenvalue weighted by atomic mass is 35.5. The number of hydrogen-bond acceptors (Lipinski definition) is 4. The van der Waals surface area contributed by atoms with E-state index in [1.54, 1.807) is 14.2 Å². The lowest BCUT2D eigenvalue weighted by atomic mass is 9.97. The molecule has 41 heavy (non-hydrogen) atoms. The van der Waals surface area contributed by atoms with Crippen molar-refractivity contribution in [3.63, 3.8) is 0 Å². The molecule has 0 aliphatic rings. The molecule has 208 valence electrons. The van der Waals surface area contributed by atoms with Gasteiger partial charge in [0.1, 0.15) is 11.5 Å². The maximum absolute atomic E-state index is 11.5. The monoisotopic (exact) mass is 564 g/mol. The van der Waals surface area contributed by atoms with Gasteiger partial charge in [0.15, 0.2) is 0 Å². The Bertz CT molecular complexity index is 1770. The number of nitrogens with zero attached hydrogens (tertiary/aromatic N) is 1. The van der Waals surface area contributed by atoms with Crippen LogP contribution in [0.2, 0.25) is 0 Å². The van der Waals surface area contributed by atoms with Crippen molar-refractivity contribution in [2.45, 2.75) is 12.6 Å². The number of aliphatic hydroxyl groups is 1. The van der Waals surface area contributed by atoms with E-state index >= 15 is 0 Å². The van der Waals surface area contributed by atoms with Crippen molar-refractivity contribution in [1.82, 2.24) is 4.57 Å². The molecule has 6 aromatic rings. The normalized spacial score (nSPS) is 11.7. The van der Waals surface area contributed by atoms with Crippen LogP contribution in [-0.2, 0) is 6.54 Å². The molecule has 0 aliphatic carbocycles. The molecule has 0 fully saturated rings. The van der Waals surface area contributed by atoms with Crippen LogP contribution in [0.15, 0.2) is 115 Å². The van der Waals surface area contributed by atoms with E-state index in [0.717, 1.165) is 39.2 Å². The summed E-state index contributed by atoms with van der Waals surface area (Å²) in [5.41, 5.74) is 6.45. The second-order valence-electron chi connectivity index (χ2n) is 9.85. The number of benzene rings is 5. The van der Waals surface area contributed by atoms with Gasteiger partial charge in [-0.2, -0.15) is 0 Å². The maximum Gasteiger partial charge on any atom is 0.145 e. The van der Waals surface area contributed by atoms with Crippen molar-refractivity contribution in [1.29, 1.82) is 0 Å². The van der Waals surface area contributed by atoms with Crippen LogP contribution in [0.25, 0.3) is 44.1 Å². The first-order valence-corrected chi connectivity index (χ1v) is 13.5. The molecule has 6 heteroatoms. The van der Waals surface area contributed by atoms with E-state index in [0.29, 0.717) is 18.8 Å². The maximum atomic E-state index is 11.5. The first-order chi connectivity index (χ1) is 19.7. The third-order valence-electron chi connectivity index (χ3n) is 7.39. The number of methoxy groups -OCH3 is 2. The van der Waals surface area contributed by atoms with E-state index in [-0.39, 0.29) is 12.4 Å². The lowest BCUT2D eigenvalue weighted by molar-refractivity contribution is 0.169. The molecule has 0 saturated heterocycles. The summed E-state index contributed by atoms with van der Waals surface area (Å²) >= 11 is 0. The standard InChI is InChI=1S/C35H32N2O3.ClH/c1-39-28-18-20-31(32(21-28)40-2)36-22-27(38)23-37-34(26-14-7-4-8-15-26)33(25-12-5-3-6-13-25)30-19-17-24-11-9-10-16-29(24)35(30)37;/h3-21,27,36,38H,22-23H2,1-2H3;1H. The quantitative estimate of drug-likeness (QED) is 0.186. The number of halogens is 1. The number of aromatic nitrogens is 1. The van der Waals surface area contributed by atoms with Crippen LogP contribution in [0.4, 0.5) is 5.69 Å². The number of anilines is 1. The zero-order chi connectivity index (χ0) is 27.5. The highest BCUT2D eigenvalue weighted by Gasteiger charge is 2.23. The van der Waals surface area contributed by atoms with Gasteiger partial charge in [-0.05, 0) is 28.6 Å². The van der Waals surface area contributed by atoms with Gasteiger partial charge < -0.3 is 24.5 Å². The molecule has 0 amide bonds. The van der Waals surface area contributed by atoms with Gasteiger partial charge in [0, 0.05) is 28.9 Å². The average Bonchev–Trinajstić information content (AvgIpc) is 3.35. The molecule has 1 atom stereocenters. The summed E-state index contributed by atoms with van der Waals surface area (Å²) in [6.07, 6.45) is -0.674. The second-order valence-corrected chi connectivity index (χ2v) is 9.85. The largest absolute Gasteiger partial charge is 0.497 e. The summed E-state index contributed by atoms with van der Waals surface area (Å²) in [7, 11) is 3.26. The molecule has 1 unspecified atom stereocenters. The predicted molar refractivity (Wildman–Crippen MR) is 172 cm³/mol. The second kappa shape index (κ2) is 12.4. The molecule has 2 N–H and O–H groups in total. The van der Waals surface area contributed by atoms with Crippen LogP contribution in [-0.4, -0.2) is 36.5 Å². The van der Waals surface area contributed by atoms with Crippen molar-refractivity contribution >= 4 is 39.8 Å². The Labute approximate surface area is 246 Å². The Hall–Kier alpha value is -4.45. The number of rotatable bonds is 9. The van der Waals surface area contributed by atoms with Crippen LogP contribution in [0, 0.1) is 0 Å². The fourth-order valence-electron chi connectivity index (χ4n) is 5.55. The van der Waals surface area contributed by atoms with E-state index in [9.17, 15) is 5.11 Å². The third-order valence-corrected chi connectivity index (χ3v) is 7.39. The molecule has 0 spiro atoms. The highest BCUT2D eigenvalue weighted by Crippen LogP contribution is 2.43. The molecule has 6 rings (SSSR count). The summed E-state index contributed by atoms with van der Waals surface area (Å²) in [6.45, 7) is 0.759. The topological polar surface area (TPSA) is 55.6 Å². The predicted octanol–water partition coefficient (Wildman–Crippen LogP) is 8.04. The number of hydrogen-bond donors (Lipinski definition) is 2. The summed E-state index contributed by atoms with van der Waals surface area (Å²) in [5, 5.41) is 18.3. The molecule has 0 aliphatic heterocycles. The van der Waals surface area contributed by atoms with E-state index in [1.165, 1.54) is 16.3 Å². The van der Waals surface area contributed by atoms with Crippen LogP contribution in [0.1, 0.15) is 0 Å². The fourth-order valence-corrected chi connectivity index (χ4v) is 5.55. The van der Waals surface area contributed by atoms with Gasteiger partial charge in [-0.3, -0.25) is 0 Å². The Morgan fingerprint density at radius 1 is 0.732 bits per heavy atom. The number of fused-ring (bicyclic) bond motifs is 3. The van der Waals surface area contributed by atoms with Gasteiger partial charge in [-0.25, -0.2) is 0 Å². The van der Waals surface area contributed by atoms with Crippen molar-refractivity contribution in [2.75, 3.05) is 26.1 Å². The summed E-state index contributed by atoms with van der Waals surface area (Å²) < 4.78 is 13.2. The van der Waals surface area contributed by atoms with Gasteiger partial charge in [0.05, 0.1) is 43.8 Å². The van der Waals surface area contributed by atoms with Gasteiger partial charge in [0.25, 0.3) is 0 Å². The minimum Gasteiger partial charge on any atom is -0.497 e. The van der Waals surface area contributed by atoms with Crippen LogP contribution < -0.4 is 14.8 Å². The highest BCUT2D eigenvalue weighted by molar-refractivity contribution is 6.15. The molecule has 0 bridgehead atoms. The molecule has 5 nitrogen and oxygen atoms in total. The Kier molecular flexibility index (Phi) is 8.48. The van der Waals surface area contributed by atoms with Gasteiger partial charge in [-0.1, -0.05) is 97.1 Å². The number of nitrogens with one attached hydrogen (secondary N) is 1. The van der Waals surface area contributed by atoms with Crippen LogP contribution in [0.5, 0.6) is 11.5 Å². The molecular formula is C35H33ClN2O3. The Morgan fingerprint density at radius 2 is 1.41 bits per heavy atom. The van der Waals surface area contributed by atoms with E-state index in [2.05, 4.69) is 94.8 Å². The lowest BCUT2D eigenvalue weighted by Gasteiger charge is -2.19. The van der Waals surface area contributed by atoms with Crippen LogP contribution >= 0.6 is 12.4 Å².